The van der Waals surface area contributed by atoms with E-state index in [9.17, 15) is 4.79 Å². The van der Waals surface area contributed by atoms with Crippen molar-refractivity contribution in [3.63, 3.8) is 0 Å². The van der Waals surface area contributed by atoms with Crippen LogP contribution in [0.5, 0.6) is 0 Å². The molecule has 1 aliphatic heterocycles. The summed E-state index contributed by atoms with van der Waals surface area (Å²) in [4.78, 5) is 17.3. The first-order valence-corrected chi connectivity index (χ1v) is 5.07. The Labute approximate surface area is 84.9 Å². The number of rotatable bonds is 1. The lowest BCUT2D eigenvalue weighted by atomic mass is 10.4. The number of carbonyl (C=O) groups is 1. The molecule has 4 heteroatoms. The van der Waals surface area contributed by atoms with Crippen LogP contribution in [-0.4, -0.2) is 22.3 Å². The van der Waals surface area contributed by atoms with Crippen LogP contribution < -0.4 is 4.90 Å². The van der Waals surface area contributed by atoms with Gasteiger partial charge >= 0.3 is 0 Å². The number of pyridine rings is 1. The summed E-state index contributed by atoms with van der Waals surface area (Å²) in [6, 6.07) is 5.58. The van der Waals surface area contributed by atoms with Gasteiger partial charge in [-0.1, -0.05) is 22.0 Å². The number of anilines is 1. The highest BCUT2D eigenvalue weighted by atomic mass is 79.9. The molecule has 0 bridgehead atoms. The highest BCUT2D eigenvalue weighted by Crippen LogP contribution is 2.22. The highest BCUT2D eigenvalue weighted by Gasteiger charge is 2.30. The predicted octanol–water partition coefficient (Wildman–Crippen LogP) is 1.58. The van der Waals surface area contributed by atoms with Crippen LogP contribution in [0, 0.1) is 0 Å². The van der Waals surface area contributed by atoms with E-state index in [0.717, 1.165) is 18.8 Å². The maximum atomic E-state index is 11.5. The number of aromatic nitrogens is 1. The van der Waals surface area contributed by atoms with Gasteiger partial charge in [-0.2, -0.15) is 0 Å². The van der Waals surface area contributed by atoms with E-state index in [0.29, 0.717) is 0 Å². The molecule has 1 amide bonds. The van der Waals surface area contributed by atoms with Crippen LogP contribution >= 0.6 is 15.9 Å². The number of hydrogen-bond acceptors (Lipinski definition) is 2. The van der Waals surface area contributed by atoms with Gasteiger partial charge in [-0.05, 0) is 18.6 Å². The van der Waals surface area contributed by atoms with E-state index in [1.54, 1.807) is 11.1 Å². The fourth-order valence-corrected chi connectivity index (χ4v) is 1.84. The molecular formula is C9H9BrN2O. The molecule has 0 saturated carbocycles. The molecule has 1 fully saturated rings. The Hall–Kier alpha value is -0.900. The third-order valence-corrected chi connectivity index (χ3v) is 2.92. The Kier molecular flexibility index (Phi) is 2.31. The molecule has 0 aromatic carbocycles. The molecule has 68 valence electrons. The largest absolute Gasteiger partial charge is 0.296 e. The van der Waals surface area contributed by atoms with E-state index < -0.39 is 0 Å². The normalized spacial score (nSPS) is 22.4. The zero-order valence-corrected chi connectivity index (χ0v) is 8.57. The molecule has 0 aliphatic carbocycles. The highest BCUT2D eigenvalue weighted by molar-refractivity contribution is 9.10. The topological polar surface area (TPSA) is 33.2 Å². The second-order valence-electron chi connectivity index (χ2n) is 2.93. The molecule has 0 unspecified atom stereocenters. The predicted molar refractivity (Wildman–Crippen MR) is 53.9 cm³/mol. The molecule has 2 heterocycles. The lowest BCUT2D eigenvalue weighted by Crippen LogP contribution is -2.27. The molecule has 3 nitrogen and oxygen atoms in total. The van der Waals surface area contributed by atoms with Gasteiger partial charge < -0.3 is 0 Å². The lowest BCUT2D eigenvalue weighted by molar-refractivity contribution is -0.116. The van der Waals surface area contributed by atoms with Gasteiger partial charge in [0.2, 0.25) is 5.91 Å². The summed E-state index contributed by atoms with van der Waals surface area (Å²) in [5.41, 5.74) is 0. The van der Waals surface area contributed by atoms with E-state index in [2.05, 4.69) is 20.9 Å². The SMILES string of the molecule is O=C1[C@@H](Br)CCN1c1ccccn1. The quantitative estimate of drug-likeness (QED) is 0.699. The molecule has 2 rings (SSSR count). The third-order valence-electron chi connectivity index (χ3n) is 2.07. The van der Waals surface area contributed by atoms with Gasteiger partial charge in [-0.15, -0.1) is 0 Å². The minimum absolute atomic E-state index is 0.0329. The number of nitrogens with zero attached hydrogens (tertiary/aromatic N) is 2. The summed E-state index contributed by atoms with van der Waals surface area (Å²) in [7, 11) is 0. The molecule has 1 saturated heterocycles. The number of carbonyl (C=O) groups excluding carboxylic acids is 1. The van der Waals surface area contributed by atoms with Crippen molar-refractivity contribution >= 4 is 27.7 Å². The summed E-state index contributed by atoms with van der Waals surface area (Å²) in [5, 5.41) is 0. The molecule has 1 atom stereocenters. The van der Waals surface area contributed by atoms with Gasteiger partial charge in [0, 0.05) is 12.7 Å². The zero-order valence-electron chi connectivity index (χ0n) is 6.98. The Bertz CT molecular complexity index is 315. The van der Waals surface area contributed by atoms with Crippen molar-refractivity contribution in [3.05, 3.63) is 24.4 Å². The fraction of sp³-hybridized carbons (Fsp3) is 0.333. The maximum absolute atomic E-state index is 11.5. The summed E-state index contributed by atoms with van der Waals surface area (Å²) in [6.45, 7) is 0.756. The van der Waals surface area contributed by atoms with Crippen molar-refractivity contribution in [2.24, 2.45) is 0 Å². The van der Waals surface area contributed by atoms with Crippen molar-refractivity contribution < 1.29 is 4.79 Å². The van der Waals surface area contributed by atoms with Gasteiger partial charge in [-0.25, -0.2) is 4.98 Å². The van der Waals surface area contributed by atoms with E-state index in [1.807, 2.05) is 18.2 Å². The maximum Gasteiger partial charge on any atom is 0.241 e. The first-order valence-electron chi connectivity index (χ1n) is 4.15. The lowest BCUT2D eigenvalue weighted by Gasteiger charge is -2.13. The summed E-state index contributed by atoms with van der Waals surface area (Å²) in [6.07, 6.45) is 2.56. The van der Waals surface area contributed by atoms with Crippen LogP contribution in [0.2, 0.25) is 0 Å². The molecule has 13 heavy (non-hydrogen) atoms. The first kappa shape index (κ1) is 8.69. The van der Waals surface area contributed by atoms with Crippen LogP contribution in [0.15, 0.2) is 24.4 Å². The zero-order chi connectivity index (χ0) is 9.26. The van der Waals surface area contributed by atoms with Crippen molar-refractivity contribution in [2.75, 3.05) is 11.4 Å². The van der Waals surface area contributed by atoms with Crippen molar-refractivity contribution in [1.82, 2.24) is 4.98 Å². The standard InChI is InChI=1S/C9H9BrN2O/c10-7-4-6-12(9(7)13)8-3-1-2-5-11-8/h1-3,5,7H,4,6H2/t7-/m0/s1. The number of alkyl halides is 1. The fourth-order valence-electron chi connectivity index (χ4n) is 1.39. The van der Waals surface area contributed by atoms with E-state index in [-0.39, 0.29) is 10.7 Å². The second-order valence-corrected chi connectivity index (χ2v) is 4.04. The average molecular weight is 241 g/mol. The Morgan fingerprint density at radius 3 is 2.92 bits per heavy atom. The van der Waals surface area contributed by atoms with Crippen molar-refractivity contribution in [1.29, 1.82) is 0 Å². The van der Waals surface area contributed by atoms with E-state index in [1.165, 1.54) is 0 Å². The second kappa shape index (κ2) is 3.46. The van der Waals surface area contributed by atoms with E-state index >= 15 is 0 Å². The molecule has 0 radical (unpaired) electrons. The van der Waals surface area contributed by atoms with Crippen LogP contribution in [0.1, 0.15) is 6.42 Å². The van der Waals surface area contributed by atoms with Gasteiger partial charge in [-0.3, -0.25) is 9.69 Å². The molecule has 1 aromatic heterocycles. The molecule has 0 N–H and O–H groups in total. The summed E-state index contributed by atoms with van der Waals surface area (Å²) >= 11 is 3.32. The average Bonchev–Trinajstić information content (AvgIpc) is 2.49. The first-order chi connectivity index (χ1) is 6.29. The van der Waals surface area contributed by atoms with Gasteiger partial charge in [0.25, 0.3) is 0 Å². The number of halogens is 1. The van der Waals surface area contributed by atoms with Crippen LogP contribution in [0.4, 0.5) is 5.82 Å². The Balaban J connectivity index is 2.24. The monoisotopic (exact) mass is 240 g/mol. The smallest absolute Gasteiger partial charge is 0.241 e. The third kappa shape index (κ3) is 1.58. The molecular weight excluding hydrogens is 232 g/mol. The van der Waals surface area contributed by atoms with Gasteiger partial charge in [0.15, 0.2) is 0 Å². The van der Waals surface area contributed by atoms with Crippen molar-refractivity contribution in [2.45, 2.75) is 11.2 Å². The van der Waals surface area contributed by atoms with Crippen LogP contribution in [-0.2, 0) is 4.79 Å². The summed E-state index contributed by atoms with van der Waals surface area (Å²) in [5.74, 6) is 0.855. The van der Waals surface area contributed by atoms with Crippen LogP contribution in [0.3, 0.4) is 0 Å². The molecule has 1 aromatic rings. The Morgan fingerprint density at radius 2 is 2.38 bits per heavy atom. The van der Waals surface area contributed by atoms with Crippen LogP contribution in [0.25, 0.3) is 0 Å². The van der Waals surface area contributed by atoms with Gasteiger partial charge in [0.1, 0.15) is 5.82 Å². The minimum Gasteiger partial charge on any atom is -0.296 e. The van der Waals surface area contributed by atoms with Gasteiger partial charge in [0.05, 0.1) is 4.83 Å². The summed E-state index contributed by atoms with van der Waals surface area (Å²) < 4.78 is 0. The number of hydrogen-bond donors (Lipinski definition) is 0. The molecule has 1 aliphatic rings. The Morgan fingerprint density at radius 1 is 1.54 bits per heavy atom. The number of amides is 1. The van der Waals surface area contributed by atoms with Crippen molar-refractivity contribution in [3.8, 4) is 0 Å². The minimum atomic E-state index is -0.0329. The van der Waals surface area contributed by atoms with E-state index in [4.69, 9.17) is 0 Å². The molecule has 0 spiro atoms.